The molecule has 3 nitrogen and oxygen atoms in total. The quantitative estimate of drug-likeness (QED) is 0.802. The number of ether oxygens (including phenoxy) is 1. The molecule has 17 heavy (non-hydrogen) atoms. The Morgan fingerprint density at radius 2 is 2.18 bits per heavy atom. The van der Waals surface area contributed by atoms with Gasteiger partial charge in [-0.05, 0) is 24.1 Å². The van der Waals surface area contributed by atoms with Crippen molar-refractivity contribution < 1.29 is 13.9 Å². The first-order chi connectivity index (χ1) is 8.22. The summed E-state index contributed by atoms with van der Waals surface area (Å²) in [7, 11) is 0. The molecule has 0 aromatic heterocycles. The van der Waals surface area contributed by atoms with Crippen molar-refractivity contribution in [3.8, 4) is 6.07 Å². The van der Waals surface area contributed by atoms with Crippen LogP contribution in [0.2, 0.25) is 0 Å². The van der Waals surface area contributed by atoms with Crippen molar-refractivity contribution in [2.45, 2.75) is 12.3 Å². The number of hydrogen-bond acceptors (Lipinski definition) is 3. The molecule has 1 saturated heterocycles. The van der Waals surface area contributed by atoms with E-state index in [-0.39, 0.29) is 17.5 Å². The van der Waals surface area contributed by atoms with Gasteiger partial charge in [-0.1, -0.05) is 12.1 Å². The van der Waals surface area contributed by atoms with Gasteiger partial charge in [0, 0.05) is 12.5 Å². The molecule has 4 heteroatoms. The van der Waals surface area contributed by atoms with Crippen LogP contribution in [0.15, 0.2) is 24.3 Å². The molecule has 0 spiro atoms. The van der Waals surface area contributed by atoms with Crippen LogP contribution in [0.4, 0.5) is 4.39 Å². The fraction of sp³-hybridized carbons (Fsp3) is 0.385. The summed E-state index contributed by atoms with van der Waals surface area (Å²) in [6, 6.07) is 7.48. The number of carbonyl (C=O) groups excluding carboxylic acids is 1. The number of rotatable bonds is 3. The maximum atomic E-state index is 12.8. The van der Waals surface area contributed by atoms with E-state index in [0.717, 1.165) is 0 Å². The number of ketones is 1. The second-order valence-electron chi connectivity index (χ2n) is 4.08. The van der Waals surface area contributed by atoms with Crippen molar-refractivity contribution >= 4 is 5.78 Å². The van der Waals surface area contributed by atoms with Gasteiger partial charge >= 0.3 is 0 Å². The van der Waals surface area contributed by atoms with Crippen molar-refractivity contribution in [2.24, 2.45) is 5.92 Å². The maximum absolute atomic E-state index is 12.8. The van der Waals surface area contributed by atoms with Crippen LogP contribution in [0.25, 0.3) is 0 Å². The molecular weight excluding hydrogens is 221 g/mol. The summed E-state index contributed by atoms with van der Waals surface area (Å²) in [4.78, 5) is 12.1. The smallest absolute Gasteiger partial charge is 0.159 e. The molecule has 88 valence electrons. The van der Waals surface area contributed by atoms with Gasteiger partial charge in [-0.3, -0.25) is 4.79 Å². The zero-order valence-corrected chi connectivity index (χ0v) is 9.23. The molecule has 0 amide bonds. The van der Waals surface area contributed by atoms with Crippen molar-refractivity contribution in [3.05, 3.63) is 35.6 Å². The lowest BCUT2D eigenvalue weighted by molar-refractivity contribution is -0.123. The number of nitrogens with zero attached hydrogens (tertiary/aromatic N) is 1. The molecule has 0 saturated carbocycles. The highest BCUT2D eigenvalue weighted by Gasteiger charge is 2.30. The zero-order chi connectivity index (χ0) is 12.3. The Morgan fingerprint density at radius 3 is 2.71 bits per heavy atom. The Labute approximate surface area is 98.8 Å². The first-order valence-electron chi connectivity index (χ1n) is 5.49. The minimum atomic E-state index is -0.817. The number of nitriles is 1. The first-order valence-corrected chi connectivity index (χ1v) is 5.49. The molecule has 2 atom stereocenters. The highest BCUT2D eigenvalue weighted by atomic mass is 19.1. The van der Waals surface area contributed by atoms with E-state index < -0.39 is 5.92 Å². The molecule has 0 radical (unpaired) electrons. The van der Waals surface area contributed by atoms with E-state index in [0.29, 0.717) is 25.2 Å². The van der Waals surface area contributed by atoms with Crippen LogP contribution in [0.5, 0.6) is 0 Å². The highest BCUT2D eigenvalue weighted by molar-refractivity contribution is 5.90. The summed E-state index contributed by atoms with van der Waals surface area (Å²) in [5.74, 6) is -1.52. The molecule has 1 aromatic rings. The number of Topliss-reactive ketones (excluding diaryl/α,β-unsaturated/α-hetero) is 1. The zero-order valence-electron chi connectivity index (χ0n) is 9.23. The van der Waals surface area contributed by atoms with Crippen LogP contribution in [-0.4, -0.2) is 19.0 Å². The van der Waals surface area contributed by atoms with Gasteiger partial charge in [0.25, 0.3) is 0 Å². The average Bonchev–Trinajstić information content (AvgIpc) is 2.86. The van der Waals surface area contributed by atoms with Gasteiger partial charge < -0.3 is 4.74 Å². The largest absolute Gasteiger partial charge is 0.381 e. The molecule has 2 rings (SSSR count). The summed E-state index contributed by atoms with van der Waals surface area (Å²) in [6.45, 7) is 0.955. The third kappa shape index (κ3) is 2.51. The third-order valence-electron chi connectivity index (χ3n) is 2.95. The Kier molecular flexibility index (Phi) is 3.50. The van der Waals surface area contributed by atoms with E-state index in [1.807, 2.05) is 6.07 Å². The molecule has 1 fully saturated rings. The van der Waals surface area contributed by atoms with Crippen molar-refractivity contribution in [1.29, 1.82) is 5.26 Å². The van der Waals surface area contributed by atoms with Crippen molar-refractivity contribution in [2.75, 3.05) is 13.2 Å². The summed E-state index contributed by atoms with van der Waals surface area (Å²) in [5.41, 5.74) is 0.547. The lowest BCUT2D eigenvalue weighted by atomic mass is 9.88. The Hall–Kier alpha value is -1.73. The van der Waals surface area contributed by atoms with Gasteiger partial charge in [0.15, 0.2) is 5.78 Å². The van der Waals surface area contributed by atoms with Gasteiger partial charge in [0.1, 0.15) is 11.7 Å². The van der Waals surface area contributed by atoms with Crippen molar-refractivity contribution in [1.82, 2.24) is 0 Å². The number of carbonyl (C=O) groups is 1. The Morgan fingerprint density at radius 1 is 1.47 bits per heavy atom. The summed E-state index contributed by atoms with van der Waals surface area (Å²) in [6.07, 6.45) is 0.665. The second kappa shape index (κ2) is 5.07. The van der Waals surface area contributed by atoms with E-state index in [2.05, 4.69) is 0 Å². The Balaban J connectivity index is 2.18. The predicted octanol–water partition coefficient (Wildman–Crippen LogP) is 2.04. The van der Waals surface area contributed by atoms with Gasteiger partial charge in [0.2, 0.25) is 0 Å². The van der Waals surface area contributed by atoms with Crippen LogP contribution in [-0.2, 0) is 9.53 Å². The lowest BCUT2D eigenvalue weighted by Gasteiger charge is -2.12. The molecule has 0 N–H and O–H groups in total. The highest BCUT2D eigenvalue weighted by Crippen LogP contribution is 2.24. The average molecular weight is 233 g/mol. The Bertz CT molecular complexity index is 443. The van der Waals surface area contributed by atoms with Crippen LogP contribution in [0.3, 0.4) is 0 Å². The second-order valence-corrected chi connectivity index (χ2v) is 4.08. The molecule has 0 bridgehead atoms. The van der Waals surface area contributed by atoms with Crippen LogP contribution in [0, 0.1) is 23.1 Å². The van der Waals surface area contributed by atoms with E-state index in [1.165, 1.54) is 24.3 Å². The number of benzene rings is 1. The SMILES string of the molecule is N#CC(C(=O)C1CCOC1)c1ccc(F)cc1. The lowest BCUT2D eigenvalue weighted by Crippen LogP contribution is -2.21. The fourth-order valence-electron chi connectivity index (χ4n) is 1.95. The van der Waals surface area contributed by atoms with Gasteiger partial charge in [-0.15, -0.1) is 0 Å². The van der Waals surface area contributed by atoms with E-state index in [4.69, 9.17) is 10.00 Å². The van der Waals surface area contributed by atoms with Crippen molar-refractivity contribution in [3.63, 3.8) is 0 Å². The molecular formula is C13H12FNO2. The van der Waals surface area contributed by atoms with Gasteiger partial charge in [-0.25, -0.2) is 4.39 Å². The molecule has 0 aliphatic carbocycles. The van der Waals surface area contributed by atoms with Crippen LogP contribution in [0.1, 0.15) is 17.9 Å². The number of halogens is 1. The summed E-state index contributed by atoms with van der Waals surface area (Å²) in [5, 5.41) is 9.07. The van der Waals surface area contributed by atoms with E-state index in [1.54, 1.807) is 0 Å². The normalized spacial score (nSPS) is 20.8. The predicted molar refractivity (Wildman–Crippen MR) is 58.7 cm³/mol. The summed E-state index contributed by atoms with van der Waals surface area (Å²) < 4.78 is 17.9. The van der Waals surface area contributed by atoms with Crippen LogP contribution >= 0.6 is 0 Å². The van der Waals surface area contributed by atoms with Crippen LogP contribution < -0.4 is 0 Å². The van der Waals surface area contributed by atoms with E-state index in [9.17, 15) is 9.18 Å². The monoisotopic (exact) mass is 233 g/mol. The molecule has 1 aromatic carbocycles. The van der Waals surface area contributed by atoms with Gasteiger partial charge in [-0.2, -0.15) is 5.26 Å². The minimum Gasteiger partial charge on any atom is -0.381 e. The van der Waals surface area contributed by atoms with Gasteiger partial charge in [0.05, 0.1) is 12.7 Å². The summed E-state index contributed by atoms with van der Waals surface area (Å²) >= 11 is 0. The fourth-order valence-corrected chi connectivity index (χ4v) is 1.95. The maximum Gasteiger partial charge on any atom is 0.159 e. The molecule has 2 unspecified atom stereocenters. The van der Waals surface area contributed by atoms with E-state index >= 15 is 0 Å². The standard InChI is InChI=1S/C13H12FNO2/c14-11-3-1-9(2-4-11)12(7-15)13(16)10-5-6-17-8-10/h1-4,10,12H,5-6,8H2. The molecule has 1 aliphatic heterocycles. The molecule has 1 aliphatic rings. The minimum absolute atomic E-state index is 0.128. The number of hydrogen-bond donors (Lipinski definition) is 0. The third-order valence-corrected chi connectivity index (χ3v) is 2.95. The molecule has 1 heterocycles. The first kappa shape index (κ1) is 11.7. The topological polar surface area (TPSA) is 50.1 Å².